The molecule has 1 atom stereocenters. The molecule has 1 unspecified atom stereocenters. The fourth-order valence-corrected chi connectivity index (χ4v) is 4.05. The number of carbonyl (C=O) groups is 2. The second kappa shape index (κ2) is 6.10. The molecule has 2 aromatic carbocycles. The maximum absolute atomic E-state index is 13.1. The Morgan fingerprint density at radius 2 is 1.85 bits per heavy atom. The summed E-state index contributed by atoms with van der Waals surface area (Å²) in [7, 11) is 0. The number of benzene rings is 2. The van der Waals surface area contributed by atoms with E-state index in [1.54, 1.807) is 19.1 Å². The molecule has 130 valence electrons. The molecule has 1 saturated heterocycles. The molecule has 0 saturated carbocycles. The Bertz CT molecular complexity index is 971. The lowest BCUT2D eigenvalue weighted by Gasteiger charge is -2.18. The van der Waals surface area contributed by atoms with Crippen LogP contribution in [-0.4, -0.2) is 27.4 Å². The van der Waals surface area contributed by atoms with E-state index in [2.05, 4.69) is 15.4 Å². The molecule has 4 rings (SSSR count). The fraction of sp³-hybridized carbons (Fsp3) is 0.158. The molecule has 0 aliphatic carbocycles. The van der Waals surface area contributed by atoms with Gasteiger partial charge in [0.1, 0.15) is 0 Å². The molecule has 2 aromatic rings. The molecule has 1 fully saturated rings. The van der Waals surface area contributed by atoms with Crippen molar-refractivity contribution in [3.8, 4) is 0 Å². The van der Waals surface area contributed by atoms with E-state index in [1.165, 1.54) is 5.01 Å². The zero-order valence-electron chi connectivity index (χ0n) is 14.3. The van der Waals surface area contributed by atoms with E-state index in [-0.39, 0.29) is 5.91 Å². The van der Waals surface area contributed by atoms with Crippen molar-refractivity contribution in [2.24, 2.45) is 10.1 Å². The van der Waals surface area contributed by atoms with E-state index in [9.17, 15) is 9.59 Å². The van der Waals surface area contributed by atoms with E-state index in [0.29, 0.717) is 16.6 Å². The summed E-state index contributed by atoms with van der Waals surface area (Å²) in [6.07, 6.45) is 0. The molecule has 0 aromatic heterocycles. The summed E-state index contributed by atoms with van der Waals surface area (Å²) in [5.74, 6) is -0.781. The van der Waals surface area contributed by atoms with Crippen LogP contribution in [0.5, 0.6) is 0 Å². The van der Waals surface area contributed by atoms with Gasteiger partial charge in [0, 0.05) is 0 Å². The number of rotatable bonds is 2. The molecule has 2 aliphatic rings. The summed E-state index contributed by atoms with van der Waals surface area (Å²) in [5.41, 5.74) is 2.88. The minimum Gasteiger partial charge on any atom is -0.303 e. The number of aliphatic imine (C=N–C) groups is 1. The van der Waals surface area contributed by atoms with Crippen LogP contribution in [0.1, 0.15) is 12.5 Å². The van der Waals surface area contributed by atoms with Gasteiger partial charge in [-0.2, -0.15) is 10.1 Å². The first kappa shape index (κ1) is 16.5. The highest BCUT2D eigenvalue weighted by Crippen LogP contribution is 2.41. The predicted octanol–water partition coefficient (Wildman–Crippen LogP) is 3.01. The topological polar surface area (TPSA) is 74.1 Å². The highest BCUT2D eigenvalue weighted by atomic mass is 32.2. The predicted molar refractivity (Wildman–Crippen MR) is 104 cm³/mol. The van der Waals surface area contributed by atoms with Crippen LogP contribution in [0, 0.1) is 6.92 Å². The van der Waals surface area contributed by atoms with Gasteiger partial charge < -0.3 is 5.32 Å². The molecular formula is C19H16N4O2S. The maximum Gasteiger partial charge on any atom is 0.279 e. The van der Waals surface area contributed by atoms with Crippen LogP contribution >= 0.6 is 11.8 Å². The largest absolute Gasteiger partial charge is 0.303 e. The lowest BCUT2D eigenvalue weighted by molar-refractivity contribution is -0.127. The van der Waals surface area contributed by atoms with Gasteiger partial charge in [0.25, 0.3) is 11.8 Å². The van der Waals surface area contributed by atoms with Crippen molar-refractivity contribution < 1.29 is 9.59 Å². The quantitative estimate of drug-likeness (QED) is 0.833. The van der Waals surface area contributed by atoms with Gasteiger partial charge in [-0.15, -0.1) is 0 Å². The number of amidine groups is 1. The lowest BCUT2D eigenvalue weighted by atomic mass is 10.0. The first-order chi connectivity index (χ1) is 12.5. The SMILES string of the molecule is CC1=NN(c2ccccc2)C(=O)C12SC(=Nc1cccc(C)c1)NC2=O. The van der Waals surface area contributed by atoms with Crippen molar-refractivity contribution in [3.05, 3.63) is 60.2 Å². The molecule has 26 heavy (non-hydrogen) atoms. The van der Waals surface area contributed by atoms with Gasteiger partial charge in [0.15, 0.2) is 5.17 Å². The number of carbonyl (C=O) groups excluding carboxylic acids is 2. The van der Waals surface area contributed by atoms with Crippen molar-refractivity contribution in [1.29, 1.82) is 0 Å². The molecule has 0 radical (unpaired) electrons. The molecule has 6 nitrogen and oxygen atoms in total. The normalized spacial score (nSPS) is 23.7. The summed E-state index contributed by atoms with van der Waals surface area (Å²) >= 11 is 1.11. The Hall–Kier alpha value is -2.93. The second-order valence-electron chi connectivity index (χ2n) is 6.13. The Morgan fingerprint density at radius 3 is 2.58 bits per heavy atom. The van der Waals surface area contributed by atoms with Crippen molar-refractivity contribution in [2.45, 2.75) is 18.6 Å². The molecule has 0 bridgehead atoms. The van der Waals surface area contributed by atoms with Crippen LogP contribution in [-0.2, 0) is 9.59 Å². The number of hydrogen-bond donors (Lipinski definition) is 1. The monoisotopic (exact) mass is 364 g/mol. The van der Waals surface area contributed by atoms with Gasteiger partial charge in [-0.3, -0.25) is 9.59 Å². The first-order valence-corrected chi connectivity index (χ1v) is 8.93. The second-order valence-corrected chi connectivity index (χ2v) is 7.33. The van der Waals surface area contributed by atoms with Crippen LogP contribution in [0.4, 0.5) is 11.4 Å². The number of para-hydroxylation sites is 1. The third kappa shape index (κ3) is 2.52. The number of anilines is 1. The van der Waals surface area contributed by atoms with E-state index >= 15 is 0 Å². The van der Waals surface area contributed by atoms with Gasteiger partial charge in [-0.1, -0.05) is 42.1 Å². The molecule has 1 spiro atoms. The molecule has 7 heteroatoms. The zero-order chi connectivity index (χ0) is 18.3. The van der Waals surface area contributed by atoms with Gasteiger partial charge >= 0.3 is 0 Å². The van der Waals surface area contributed by atoms with Crippen molar-refractivity contribution in [3.63, 3.8) is 0 Å². The van der Waals surface area contributed by atoms with Crippen molar-refractivity contribution in [2.75, 3.05) is 5.01 Å². The summed E-state index contributed by atoms with van der Waals surface area (Å²) in [5, 5.41) is 8.77. The van der Waals surface area contributed by atoms with Crippen LogP contribution in [0.15, 0.2) is 64.7 Å². The minimum absolute atomic E-state index is 0.377. The van der Waals surface area contributed by atoms with Gasteiger partial charge in [-0.25, -0.2) is 4.99 Å². The van der Waals surface area contributed by atoms with Crippen molar-refractivity contribution in [1.82, 2.24) is 5.32 Å². The van der Waals surface area contributed by atoms with Gasteiger partial charge in [0.05, 0.1) is 17.1 Å². The molecular weight excluding hydrogens is 348 g/mol. The summed E-state index contributed by atoms with van der Waals surface area (Å²) in [6, 6.07) is 16.7. The smallest absolute Gasteiger partial charge is 0.279 e. The van der Waals surface area contributed by atoms with E-state index in [1.807, 2.05) is 49.4 Å². The van der Waals surface area contributed by atoms with Gasteiger partial charge in [-0.05, 0) is 43.7 Å². The zero-order valence-corrected chi connectivity index (χ0v) is 15.1. The first-order valence-electron chi connectivity index (χ1n) is 8.12. The van der Waals surface area contributed by atoms with E-state index in [4.69, 9.17) is 0 Å². The Kier molecular flexibility index (Phi) is 3.88. The number of hydrazone groups is 1. The summed E-state index contributed by atoms with van der Waals surface area (Å²) in [4.78, 5) is 30.3. The highest BCUT2D eigenvalue weighted by Gasteiger charge is 2.61. The standard InChI is InChI=1S/C19H16N4O2S/c1-12-7-6-8-14(11-12)20-18-21-16(24)19(26-18)13(2)22-23(17(19)25)15-9-4-3-5-10-15/h3-11H,1-2H3,(H,20,21,24). The number of hydrogen-bond acceptors (Lipinski definition) is 5. The molecule has 2 aliphatic heterocycles. The number of nitrogens with one attached hydrogen (secondary N) is 1. The third-order valence-electron chi connectivity index (χ3n) is 4.28. The number of thioether (sulfide) groups is 1. The minimum atomic E-state index is -1.39. The highest BCUT2D eigenvalue weighted by molar-refractivity contribution is 8.17. The fourth-order valence-electron chi connectivity index (χ4n) is 2.96. The van der Waals surface area contributed by atoms with E-state index < -0.39 is 10.7 Å². The Labute approximate surface area is 155 Å². The van der Waals surface area contributed by atoms with E-state index in [0.717, 1.165) is 23.0 Å². The molecule has 2 amide bonds. The van der Waals surface area contributed by atoms with Crippen LogP contribution in [0.25, 0.3) is 0 Å². The molecule has 2 heterocycles. The van der Waals surface area contributed by atoms with Crippen LogP contribution < -0.4 is 10.3 Å². The van der Waals surface area contributed by atoms with Crippen LogP contribution in [0.2, 0.25) is 0 Å². The lowest BCUT2D eigenvalue weighted by Crippen LogP contribution is -2.49. The summed E-state index contributed by atoms with van der Waals surface area (Å²) in [6.45, 7) is 3.67. The van der Waals surface area contributed by atoms with Crippen molar-refractivity contribution >= 4 is 45.8 Å². The Morgan fingerprint density at radius 1 is 1.08 bits per heavy atom. The maximum atomic E-state index is 13.1. The average molecular weight is 364 g/mol. The average Bonchev–Trinajstić information content (AvgIpc) is 3.08. The Balaban J connectivity index is 1.68. The summed E-state index contributed by atoms with van der Waals surface area (Å²) < 4.78 is -1.39. The molecule has 1 N–H and O–H groups in total. The van der Waals surface area contributed by atoms with Gasteiger partial charge in [0.2, 0.25) is 4.75 Å². The van der Waals surface area contributed by atoms with Crippen LogP contribution in [0.3, 0.4) is 0 Å². The number of amides is 2. The number of nitrogens with zero attached hydrogens (tertiary/aromatic N) is 3. The number of aryl methyl sites for hydroxylation is 1. The third-order valence-corrected chi connectivity index (χ3v) is 5.62.